The molecule has 0 bridgehead atoms. The lowest BCUT2D eigenvalue weighted by Gasteiger charge is -2.08. The van der Waals surface area contributed by atoms with Crippen molar-refractivity contribution in [1.82, 2.24) is 10.3 Å². The molecule has 0 saturated heterocycles. The molecule has 0 unspecified atom stereocenters. The van der Waals surface area contributed by atoms with E-state index in [0.29, 0.717) is 25.4 Å². The number of carbonyl (C=O) groups excluding carboxylic acids is 2. The van der Waals surface area contributed by atoms with Crippen LogP contribution in [-0.2, 0) is 9.53 Å². The van der Waals surface area contributed by atoms with Gasteiger partial charge in [-0.3, -0.25) is 14.6 Å². The predicted molar refractivity (Wildman–Crippen MR) is 70.7 cm³/mol. The first kappa shape index (κ1) is 14.9. The molecule has 0 aromatic carbocycles. The van der Waals surface area contributed by atoms with Crippen LogP contribution in [0.15, 0.2) is 18.3 Å². The minimum atomic E-state index is -0.498. The molecule has 0 spiro atoms. The molecule has 0 aliphatic heterocycles. The number of nitrogens with one attached hydrogen (secondary N) is 2. The summed E-state index contributed by atoms with van der Waals surface area (Å²) in [5.41, 5.74) is 6.05. The average Bonchev–Trinajstić information content (AvgIpc) is 2.38. The van der Waals surface area contributed by atoms with Crippen LogP contribution in [0.25, 0.3) is 0 Å². The maximum Gasteiger partial charge on any atom is 0.269 e. The summed E-state index contributed by atoms with van der Waals surface area (Å²) >= 11 is 0. The molecule has 0 radical (unpaired) electrons. The number of pyridine rings is 1. The molecule has 19 heavy (non-hydrogen) atoms. The van der Waals surface area contributed by atoms with E-state index in [2.05, 4.69) is 15.6 Å². The largest absolute Gasteiger partial charge is 0.383 e. The van der Waals surface area contributed by atoms with Crippen LogP contribution in [0.3, 0.4) is 0 Å². The van der Waals surface area contributed by atoms with E-state index < -0.39 is 5.91 Å². The summed E-state index contributed by atoms with van der Waals surface area (Å²) < 4.78 is 5.00. The summed E-state index contributed by atoms with van der Waals surface area (Å²) in [5.74, 6) is -0.710. The van der Waals surface area contributed by atoms with Crippen molar-refractivity contribution in [3.63, 3.8) is 0 Å². The van der Waals surface area contributed by atoms with E-state index >= 15 is 0 Å². The first-order valence-electron chi connectivity index (χ1n) is 5.97. The van der Waals surface area contributed by atoms with Gasteiger partial charge >= 0.3 is 0 Å². The fraction of sp³-hybridized carbons (Fsp3) is 0.417. The third-order valence-electron chi connectivity index (χ3n) is 2.15. The zero-order valence-electron chi connectivity index (χ0n) is 10.8. The standard InChI is InChI=1S/C12H18N4O3/c1-2-14-12(18)10-7-9(3-4-16-10)15-5-6-19-8-11(13)17/h3-4,7H,2,5-6,8H2,1H3,(H2,13,17)(H,14,18)(H,15,16). The highest BCUT2D eigenvalue weighted by atomic mass is 16.5. The Bertz CT molecular complexity index is 437. The molecule has 0 atom stereocenters. The van der Waals surface area contributed by atoms with E-state index in [9.17, 15) is 9.59 Å². The summed E-state index contributed by atoms with van der Waals surface area (Å²) in [6.45, 7) is 3.16. The normalized spacial score (nSPS) is 9.95. The molecular weight excluding hydrogens is 248 g/mol. The number of ether oxygens (including phenoxy) is 1. The summed E-state index contributed by atoms with van der Waals surface area (Å²) in [7, 11) is 0. The Balaban J connectivity index is 2.40. The SMILES string of the molecule is CCNC(=O)c1cc(NCCOCC(N)=O)ccn1. The molecule has 7 nitrogen and oxygen atoms in total. The molecule has 2 amide bonds. The van der Waals surface area contributed by atoms with Gasteiger partial charge in [-0.25, -0.2) is 0 Å². The molecule has 104 valence electrons. The monoisotopic (exact) mass is 266 g/mol. The summed E-state index contributed by atoms with van der Waals surface area (Å²) in [4.78, 5) is 26.0. The number of aromatic nitrogens is 1. The molecule has 0 aliphatic rings. The van der Waals surface area contributed by atoms with Gasteiger partial charge < -0.3 is 21.1 Å². The molecule has 1 rings (SSSR count). The van der Waals surface area contributed by atoms with Crippen molar-refractivity contribution in [3.05, 3.63) is 24.0 Å². The van der Waals surface area contributed by atoms with E-state index in [1.54, 1.807) is 18.3 Å². The Labute approximate surface area is 111 Å². The van der Waals surface area contributed by atoms with Gasteiger partial charge in [-0.2, -0.15) is 0 Å². The molecular formula is C12H18N4O3. The quantitative estimate of drug-likeness (QED) is 0.562. The van der Waals surface area contributed by atoms with Gasteiger partial charge in [0.2, 0.25) is 5.91 Å². The molecule has 1 aromatic heterocycles. The molecule has 7 heteroatoms. The van der Waals surface area contributed by atoms with Crippen molar-refractivity contribution in [2.75, 3.05) is 31.6 Å². The number of hydrogen-bond donors (Lipinski definition) is 3. The van der Waals surface area contributed by atoms with Crippen molar-refractivity contribution in [1.29, 1.82) is 0 Å². The summed E-state index contributed by atoms with van der Waals surface area (Å²) in [5, 5.41) is 5.73. The Kier molecular flexibility index (Phi) is 6.31. The van der Waals surface area contributed by atoms with Gasteiger partial charge in [-0.05, 0) is 19.1 Å². The van der Waals surface area contributed by atoms with E-state index in [-0.39, 0.29) is 12.5 Å². The van der Waals surface area contributed by atoms with Gasteiger partial charge in [0.1, 0.15) is 12.3 Å². The third kappa shape index (κ3) is 5.82. The zero-order chi connectivity index (χ0) is 14.1. The van der Waals surface area contributed by atoms with Crippen molar-refractivity contribution in [3.8, 4) is 0 Å². The number of carbonyl (C=O) groups is 2. The van der Waals surface area contributed by atoms with Gasteiger partial charge in [0.05, 0.1) is 6.61 Å². The zero-order valence-corrected chi connectivity index (χ0v) is 10.8. The highest BCUT2D eigenvalue weighted by Gasteiger charge is 2.05. The summed E-state index contributed by atoms with van der Waals surface area (Å²) in [6.07, 6.45) is 1.55. The van der Waals surface area contributed by atoms with Crippen LogP contribution in [0.4, 0.5) is 5.69 Å². The first-order chi connectivity index (χ1) is 9.13. The third-order valence-corrected chi connectivity index (χ3v) is 2.15. The average molecular weight is 266 g/mol. The van der Waals surface area contributed by atoms with E-state index in [0.717, 1.165) is 5.69 Å². The Hall–Kier alpha value is -2.15. The Morgan fingerprint density at radius 2 is 2.26 bits per heavy atom. The number of amides is 2. The van der Waals surface area contributed by atoms with Crippen LogP contribution in [0.1, 0.15) is 17.4 Å². The lowest BCUT2D eigenvalue weighted by atomic mass is 10.3. The molecule has 0 aliphatic carbocycles. The number of hydrogen-bond acceptors (Lipinski definition) is 5. The lowest BCUT2D eigenvalue weighted by molar-refractivity contribution is -0.122. The first-order valence-corrected chi connectivity index (χ1v) is 5.97. The molecule has 1 aromatic rings. The minimum Gasteiger partial charge on any atom is -0.383 e. The van der Waals surface area contributed by atoms with Crippen LogP contribution in [0, 0.1) is 0 Å². The van der Waals surface area contributed by atoms with Crippen LogP contribution in [0.2, 0.25) is 0 Å². The van der Waals surface area contributed by atoms with Crippen LogP contribution in [0.5, 0.6) is 0 Å². The van der Waals surface area contributed by atoms with Crippen molar-refractivity contribution >= 4 is 17.5 Å². The number of anilines is 1. The lowest BCUT2D eigenvalue weighted by Crippen LogP contribution is -2.24. The fourth-order valence-electron chi connectivity index (χ4n) is 1.36. The van der Waals surface area contributed by atoms with E-state index in [1.165, 1.54) is 0 Å². The highest BCUT2D eigenvalue weighted by Crippen LogP contribution is 2.07. The second-order valence-corrected chi connectivity index (χ2v) is 3.73. The van der Waals surface area contributed by atoms with E-state index in [1.807, 2.05) is 6.92 Å². The predicted octanol–water partition coefficient (Wildman–Crippen LogP) is -0.255. The van der Waals surface area contributed by atoms with Crippen molar-refractivity contribution in [2.45, 2.75) is 6.92 Å². The second-order valence-electron chi connectivity index (χ2n) is 3.73. The van der Waals surface area contributed by atoms with Crippen LogP contribution in [-0.4, -0.2) is 43.1 Å². The Morgan fingerprint density at radius 1 is 1.47 bits per heavy atom. The number of rotatable bonds is 8. The van der Waals surface area contributed by atoms with Gasteiger partial charge in [-0.15, -0.1) is 0 Å². The minimum absolute atomic E-state index is 0.0951. The molecule has 1 heterocycles. The number of nitrogens with zero attached hydrogens (tertiary/aromatic N) is 1. The molecule has 4 N–H and O–H groups in total. The maximum atomic E-state index is 11.6. The molecule has 0 saturated carbocycles. The van der Waals surface area contributed by atoms with Gasteiger partial charge in [0.15, 0.2) is 0 Å². The van der Waals surface area contributed by atoms with Crippen molar-refractivity contribution < 1.29 is 14.3 Å². The highest BCUT2D eigenvalue weighted by molar-refractivity contribution is 5.93. The van der Waals surface area contributed by atoms with Gasteiger partial charge in [0, 0.05) is 25.0 Å². The fourth-order valence-corrected chi connectivity index (χ4v) is 1.36. The van der Waals surface area contributed by atoms with Crippen LogP contribution >= 0.6 is 0 Å². The molecule has 0 fully saturated rings. The number of primary amides is 1. The topological polar surface area (TPSA) is 106 Å². The van der Waals surface area contributed by atoms with Gasteiger partial charge in [-0.1, -0.05) is 0 Å². The second kappa shape index (κ2) is 8.04. The van der Waals surface area contributed by atoms with Crippen molar-refractivity contribution in [2.24, 2.45) is 5.73 Å². The summed E-state index contributed by atoms with van der Waals surface area (Å²) in [6, 6.07) is 3.40. The maximum absolute atomic E-state index is 11.6. The smallest absolute Gasteiger partial charge is 0.269 e. The van der Waals surface area contributed by atoms with Gasteiger partial charge in [0.25, 0.3) is 5.91 Å². The van der Waals surface area contributed by atoms with E-state index in [4.69, 9.17) is 10.5 Å². The van der Waals surface area contributed by atoms with Crippen LogP contribution < -0.4 is 16.4 Å². The Morgan fingerprint density at radius 3 is 2.95 bits per heavy atom. The number of nitrogens with two attached hydrogens (primary N) is 1.